The summed E-state index contributed by atoms with van der Waals surface area (Å²) in [5, 5.41) is 0. The van der Waals surface area contributed by atoms with Crippen molar-refractivity contribution in [3.63, 3.8) is 0 Å². The van der Waals surface area contributed by atoms with E-state index in [1.807, 2.05) is 0 Å². The molecule has 0 spiro atoms. The van der Waals surface area contributed by atoms with E-state index in [9.17, 15) is 17.6 Å². The van der Waals surface area contributed by atoms with Crippen molar-refractivity contribution in [3.05, 3.63) is 65.5 Å². The topological polar surface area (TPSA) is 63.2 Å². The lowest BCUT2D eigenvalue weighted by Crippen LogP contribution is -2.24. The van der Waals surface area contributed by atoms with Gasteiger partial charge in [-0.3, -0.25) is 4.79 Å². The van der Waals surface area contributed by atoms with E-state index in [0.29, 0.717) is 11.1 Å². The van der Waals surface area contributed by atoms with Gasteiger partial charge in [-0.05, 0) is 43.3 Å². The zero-order valence-corrected chi connectivity index (χ0v) is 13.2. The second-order valence-corrected chi connectivity index (χ2v) is 6.48. The smallest absolute Gasteiger partial charge is 0.241 e. The lowest BCUT2D eigenvalue weighted by atomic mass is 10.2. The first-order chi connectivity index (χ1) is 10.9. The fraction of sp³-hybridized carbons (Fsp3) is 0.118. The van der Waals surface area contributed by atoms with Gasteiger partial charge in [-0.1, -0.05) is 24.0 Å². The number of hydrogen-bond acceptors (Lipinski definition) is 3. The normalized spacial score (nSPS) is 10.7. The molecule has 2 aromatic carbocycles. The first-order valence-electron chi connectivity index (χ1n) is 6.73. The molecule has 0 amide bonds. The average molecular weight is 331 g/mol. The minimum absolute atomic E-state index is 0.0612. The summed E-state index contributed by atoms with van der Waals surface area (Å²) < 4.78 is 39.2. The Morgan fingerprint density at radius 3 is 2.26 bits per heavy atom. The van der Waals surface area contributed by atoms with Crippen molar-refractivity contribution in [2.75, 3.05) is 6.54 Å². The summed E-state index contributed by atoms with van der Waals surface area (Å²) in [6, 6.07) is 11.2. The molecule has 0 radical (unpaired) electrons. The van der Waals surface area contributed by atoms with Gasteiger partial charge in [0.15, 0.2) is 5.78 Å². The van der Waals surface area contributed by atoms with E-state index < -0.39 is 10.0 Å². The van der Waals surface area contributed by atoms with Crippen LogP contribution in [0.2, 0.25) is 0 Å². The van der Waals surface area contributed by atoms with Crippen molar-refractivity contribution in [1.29, 1.82) is 0 Å². The van der Waals surface area contributed by atoms with Crippen molar-refractivity contribution < 1.29 is 17.6 Å². The highest BCUT2D eigenvalue weighted by atomic mass is 32.2. The van der Waals surface area contributed by atoms with Gasteiger partial charge < -0.3 is 0 Å². The number of hydrogen-bond donors (Lipinski definition) is 1. The molecular weight excluding hydrogens is 317 g/mol. The molecule has 0 aliphatic carbocycles. The SMILES string of the molecule is CC(=O)c1ccc(S(=O)(=O)NCC#Cc2ccc(F)cc2)cc1. The number of rotatable bonds is 4. The fourth-order valence-electron chi connectivity index (χ4n) is 1.76. The number of halogens is 1. The quantitative estimate of drug-likeness (QED) is 0.691. The number of ketones is 1. The maximum absolute atomic E-state index is 12.7. The van der Waals surface area contributed by atoms with E-state index in [2.05, 4.69) is 16.6 Å². The van der Waals surface area contributed by atoms with Gasteiger partial charge in [0, 0.05) is 11.1 Å². The Balaban J connectivity index is 2.02. The molecule has 2 rings (SSSR count). The fourth-order valence-corrected chi connectivity index (χ4v) is 2.69. The predicted octanol–water partition coefficient (Wildman–Crippen LogP) is 2.36. The number of carbonyl (C=O) groups excluding carboxylic acids is 1. The molecule has 4 nitrogen and oxygen atoms in total. The van der Waals surface area contributed by atoms with E-state index >= 15 is 0 Å². The van der Waals surface area contributed by atoms with Gasteiger partial charge in [-0.15, -0.1) is 0 Å². The zero-order chi connectivity index (χ0) is 16.9. The van der Waals surface area contributed by atoms with Gasteiger partial charge in [0.2, 0.25) is 10.0 Å². The van der Waals surface area contributed by atoms with E-state index in [4.69, 9.17) is 0 Å². The third-order valence-corrected chi connectivity index (χ3v) is 4.42. The largest absolute Gasteiger partial charge is 0.295 e. The van der Waals surface area contributed by atoms with Crippen LogP contribution in [-0.2, 0) is 10.0 Å². The lowest BCUT2D eigenvalue weighted by Gasteiger charge is -2.04. The van der Waals surface area contributed by atoms with Gasteiger partial charge in [0.05, 0.1) is 11.4 Å². The standard InChI is InChI=1S/C17H14FNO3S/c1-13(20)15-6-10-17(11-7-15)23(21,22)19-12-2-3-14-4-8-16(18)9-5-14/h4-11,19H,12H2,1H3. The molecule has 0 aliphatic heterocycles. The summed E-state index contributed by atoms with van der Waals surface area (Å²) >= 11 is 0. The Labute approximate surface area is 134 Å². The maximum atomic E-state index is 12.7. The van der Waals surface area contributed by atoms with E-state index in [1.54, 1.807) is 0 Å². The number of sulfonamides is 1. The van der Waals surface area contributed by atoms with Crippen molar-refractivity contribution in [3.8, 4) is 11.8 Å². The van der Waals surface area contributed by atoms with Crippen LogP contribution in [0.4, 0.5) is 4.39 Å². The van der Waals surface area contributed by atoms with Crippen LogP contribution < -0.4 is 4.72 Å². The van der Waals surface area contributed by atoms with Crippen LogP contribution >= 0.6 is 0 Å². The Morgan fingerprint density at radius 2 is 1.70 bits per heavy atom. The van der Waals surface area contributed by atoms with Gasteiger partial charge in [0.1, 0.15) is 5.82 Å². The van der Waals surface area contributed by atoms with Crippen LogP contribution in [0.3, 0.4) is 0 Å². The summed E-state index contributed by atoms with van der Waals surface area (Å²) in [4.78, 5) is 11.2. The molecule has 0 atom stereocenters. The Bertz CT molecular complexity index is 861. The molecule has 2 aromatic rings. The molecule has 0 aromatic heterocycles. The van der Waals surface area contributed by atoms with E-state index in [-0.39, 0.29) is 23.0 Å². The third-order valence-electron chi connectivity index (χ3n) is 3.00. The molecule has 0 bridgehead atoms. The zero-order valence-electron chi connectivity index (χ0n) is 12.3. The average Bonchev–Trinajstić information content (AvgIpc) is 2.53. The summed E-state index contributed by atoms with van der Waals surface area (Å²) in [5.41, 5.74) is 1.04. The summed E-state index contributed by atoms with van der Waals surface area (Å²) in [5.74, 6) is 4.90. The Kier molecular flexibility index (Phi) is 5.27. The van der Waals surface area contributed by atoms with Crippen LogP contribution in [0.1, 0.15) is 22.8 Å². The predicted molar refractivity (Wildman–Crippen MR) is 84.9 cm³/mol. The molecule has 23 heavy (non-hydrogen) atoms. The number of benzene rings is 2. The minimum atomic E-state index is -3.69. The molecule has 0 heterocycles. The summed E-state index contributed by atoms with van der Waals surface area (Å²) in [6.07, 6.45) is 0. The Morgan fingerprint density at radius 1 is 1.09 bits per heavy atom. The van der Waals surface area contributed by atoms with Crippen LogP contribution in [0.25, 0.3) is 0 Å². The summed E-state index contributed by atoms with van der Waals surface area (Å²) in [6.45, 7) is 1.33. The second kappa shape index (κ2) is 7.18. The molecule has 1 N–H and O–H groups in total. The van der Waals surface area contributed by atoms with Crippen LogP contribution in [0, 0.1) is 17.7 Å². The minimum Gasteiger partial charge on any atom is -0.295 e. The first kappa shape index (κ1) is 16.9. The van der Waals surface area contributed by atoms with Crippen molar-refractivity contribution in [2.24, 2.45) is 0 Å². The first-order valence-corrected chi connectivity index (χ1v) is 8.22. The monoisotopic (exact) mass is 331 g/mol. The molecular formula is C17H14FNO3S. The number of nitrogens with one attached hydrogen (secondary N) is 1. The van der Waals surface area contributed by atoms with Gasteiger partial charge >= 0.3 is 0 Å². The molecule has 0 fully saturated rings. The number of carbonyl (C=O) groups is 1. The molecule has 0 saturated carbocycles. The highest BCUT2D eigenvalue weighted by Gasteiger charge is 2.12. The third kappa shape index (κ3) is 4.74. The molecule has 0 saturated heterocycles. The maximum Gasteiger partial charge on any atom is 0.241 e. The van der Waals surface area contributed by atoms with Crippen molar-refractivity contribution >= 4 is 15.8 Å². The lowest BCUT2D eigenvalue weighted by molar-refractivity contribution is 0.101. The van der Waals surface area contributed by atoms with Crippen LogP contribution in [-0.4, -0.2) is 20.7 Å². The summed E-state index contributed by atoms with van der Waals surface area (Å²) in [7, 11) is -3.69. The molecule has 0 aliphatic rings. The molecule has 0 unspecified atom stereocenters. The second-order valence-electron chi connectivity index (χ2n) is 4.71. The van der Waals surface area contributed by atoms with Gasteiger partial charge in [-0.2, -0.15) is 4.72 Å². The van der Waals surface area contributed by atoms with Crippen LogP contribution in [0.5, 0.6) is 0 Å². The van der Waals surface area contributed by atoms with Crippen molar-refractivity contribution in [1.82, 2.24) is 4.72 Å². The highest BCUT2D eigenvalue weighted by molar-refractivity contribution is 7.89. The van der Waals surface area contributed by atoms with E-state index in [1.165, 1.54) is 55.5 Å². The van der Waals surface area contributed by atoms with Crippen LogP contribution in [0.15, 0.2) is 53.4 Å². The van der Waals surface area contributed by atoms with Gasteiger partial charge in [-0.25, -0.2) is 12.8 Å². The van der Waals surface area contributed by atoms with E-state index in [0.717, 1.165) is 0 Å². The van der Waals surface area contributed by atoms with Gasteiger partial charge in [0.25, 0.3) is 0 Å². The highest BCUT2D eigenvalue weighted by Crippen LogP contribution is 2.10. The Hall–Kier alpha value is -2.49. The van der Waals surface area contributed by atoms with Crippen molar-refractivity contribution in [2.45, 2.75) is 11.8 Å². The molecule has 6 heteroatoms. The number of Topliss-reactive ketones (excluding diaryl/α,β-unsaturated/α-hetero) is 1. The molecule has 118 valence electrons.